The van der Waals surface area contributed by atoms with E-state index in [9.17, 15) is 1.37 Å². The number of nitrogens with zero attached hydrogens (tertiary/aromatic N) is 3. The average molecular weight is 987 g/mol. The van der Waals surface area contributed by atoms with Gasteiger partial charge in [-0.05, 0) is 88.4 Å². The number of aromatic nitrogens is 3. The average Bonchev–Trinajstić information content (AvgIpc) is 3.86. The minimum Gasteiger partial charge on any atom is -0.501 e. The molecule has 0 aliphatic carbocycles. The van der Waals surface area contributed by atoms with Crippen LogP contribution in [0.15, 0.2) is 174 Å². The third-order valence-electron chi connectivity index (χ3n) is 11.3. The van der Waals surface area contributed by atoms with Gasteiger partial charge in [0.1, 0.15) is 5.58 Å². The molecule has 0 saturated heterocycles. The van der Waals surface area contributed by atoms with E-state index < -0.39 is 14.0 Å². The van der Waals surface area contributed by atoms with E-state index in [-0.39, 0.29) is 20.1 Å². The van der Waals surface area contributed by atoms with Gasteiger partial charge in [0.05, 0.1) is 30.5 Å². The Hall–Kier alpha value is -6.17. The van der Waals surface area contributed by atoms with Crippen LogP contribution in [-0.4, -0.2) is 22.6 Å². The third-order valence-corrected chi connectivity index (χ3v) is 13.3. The van der Waals surface area contributed by atoms with E-state index in [1.807, 2.05) is 98.0 Å². The Labute approximate surface area is 374 Å². The number of hydrogen-bond donors (Lipinski definition) is 0. The van der Waals surface area contributed by atoms with Crippen LogP contribution >= 0.6 is 0 Å². The Morgan fingerprint density at radius 3 is 2.08 bits per heavy atom. The molecule has 0 aliphatic heterocycles. The summed E-state index contributed by atoms with van der Waals surface area (Å²) in [5.74, 6) is 0.0168. The van der Waals surface area contributed by atoms with Crippen LogP contribution in [0.3, 0.4) is 0 Å². The number of aryl methyl sites for hydroxylation is 2. The molecule has 61 heavy (non-hydrogen) atoms. The fourth-order valence-electron chi connectivity index (χ4n) is 8.29. The van der Waals surface area contributed by atoms with Crippen molar-refractivity contribution in [3.63, 3.8) is 0 Å². The van der Waals surface area contributed by atoms with E-state index >= 15 is 0 Å². The van der Waals surface area contributed by atoms with E-state index in [1.165, 1.54) is 27.4 Å². The molecule has 0 aliphatic rings. The van der Waals surface area contributed by atoms with Gasteiger partial charge in [-0.25, -0.2) is 0 Å². The van der Waals surface area contributed by atoms with Crippen LogP contribution < -0.4 is 5.19 Å². The second-order valence-corrected chi connectivity index (χ2v) is 21.4. The summed E-state index contributed by atoms with van der Waals surface area (Å²) in [4.78, 5) is 9.82. The van der Waals surface area contributed by atoms with Gasteiger partial charge in [-0.15, -0.1) is 54.1 Å². The van der Waals surface area contributed by atoms with Gasteiger partial charge in [-0.3, -0.25) is 4.98 Å². The molecular formula is C55H47IrN3OSi-2. The molecule has 7 aromatic carbocycles. The quantitative estimate of drug-likeness (QED) is 0.118. The molecule has 0 amide bonds. The van der Waals surface area contributed by atoms with Crippen LogP contribution in [0.2, 0.25) is 19.6 Å². The molecular weight excluding hydrogens is 939 g/mol. The number of fused-ring (bicyclic) bond motifs is 4. The van der Waals surface area contributed by atoms with Crippen LogP contribution in [0.25, 0.3) is 72.4 Å². The number of imidazole rings is 1. The first-order chi connectivity index (χ1) is 29.5. The minimum absolute atomic E-state index is 0. The fraction of sp³-hybridized carbons (Fsp3) is 0.127. The standard InChI is InChI=1S/C33H23N2O.C22H24NSi.Ir/c1-21-19-24(23-11-4-3-5-12-23)20-22(2)31(21)35-29-17-8-7-16-28(29)34-33(35)27-15-10-14-26-25-13-6-9-18-30(25)36-32(26)27;1-17(18-11-7-5-8-12-18)20-15-21(19-13-9-6-10-14-19)23-16-22(20)24(2,3)4;/h3-14,16-20H,1-2H3;5-13,15-17H,1-4H3;/q2*-1;/i;17D;. The smallest absolute Gasteiger partial charge is 0.120 e. The van der Waals surface area contributed by atoms with Gasteiger partial charge in [-0.2, -0.15) is 0 Å². The van der Waals surface area contributed by atoms with Gasteiger partial charge in [0.2, 0.25) is 0 Å². The van der Waals surface area contributed by atoms with Crippen LogP contribution in [0.4, 0.5) is 0 Å². The molecule has 10 aromatic rings. The Kier molecular flexibility index (Phi) is 11.5. The van der Waals surface area contributed by atoms with Crippen molar-refractivity contribution in [1.82, 2.24) is 14.5 Å². The Balaban J connectivity index is 0.000000180. The van der Waals surface area contributed by atoms with E-state index in [0.29, 0.717) is 0 Å². The van der Waals surface area contributed by atoms with Gasteiger partial charge >= 0.3 is 0 Å². The minimum atomic E-state index is -1.64. The first kappa shape index (κ1) is 40.2. The Morgan fingerprint density at radius 2 is 1.36 bits per heavy atom. The molecule has 3 aromatic heterocycles. The second-order valence-electron chi connectivity index (χ2n) is 16.4. The van der Waals surface area contributed by atoms with Crippen molar-refractivity contribution < 1.29 is 25.9 Å². The molecule has 1 radical (unpaired) electrons. The van der Waals surface area contributed by atoms with Crippen molar-refractivity contribution in [3.8, 4) is 39.5 Å². The summed E-state index contributed by atoms with van der Waals surface area (Å²) in [5, 5.41) is 3.42. The summed E-state index contributed by atoms with van der Waals surface area (Å²) in [7, 11) is -1.64. The second kappa shape index (κ2) is 17.4. The normalized spacial score (nSPS) is 12.7. The summed E-state index contributed by atoms with van der Waals surface area (Å²) in [5.41, 5.74) is 14.4. The molecule has 303 valence electrons. The molecule has 0 fully saturated rings. The maximum atomic E-state index is 9.17. The van der Waals surface area contributed by atoms with Crippen molar-refractivity contribution >= 4 is 46.2 Å². The van der Waals surface area contributed by atoms with Gasteiger partial charge in [0.15, 0.2) is 0 Å². The topological polar surface area (TPSA) is 43.9 Å². The number of benzene rings is 7. The molecule has 0 spiro atoms. The molecule has 0 bridgehead atoms. The van der Waals surface area contributed by atoms with E-state index in [4.69, 9.17) is 14.4 Å². The molecule has 0 N–H and O–H groups in total. The summed E-state index contributed by atoms with van der Waals surface area (Å²) in [6, 6.07) is 62.3. The van der Waals surface area contributed by atoms with Crippen LogP contribution in [0.5, 0.6) is 0 Å². The predicted octanol–water partition coefficient (Wildman–Crippen LogP) is 13.9. The van der Waals surface area contributed by atoms with Gasteiger partial charge in [-0.1, -0.05) is 135 Å². The number of para-hydroxylation sites is 3. The predicted molar refractivity (Wildman–Crippen MR) is 253 cm³/mol. The summed E-state index contributed by atoms with van der Waals surface area (Å²) in [6.45, 7) is 13.3. The number of furan rings is 1. The number of hydrogen-bond acceptors (Lipinski definition) is 3. The Morgan fingerprint density at radius 1 is 0.689 bits per heavy atom. The van der Waals surface area contributed by atoms with E-state index in [1.54, 1.807) is 0 Å². The summed E-state index contributed by atoms with van der Waals surface area (Å²) < 4.78 is 17.8. The van der Waals surface area contributed by atoms with Gasteiger partial charge < -0.3 is 14.0 Å². The molecule has 4 nitrogen and oxygen atoms in total. The summed E-state index contributed by atoms with van der Waals surface area (Å²) >= 11 is 0. The van der Waals surface area contributed by atoms with E-state index in [0.717, 1.165) is 72.4 Å². The maximum Gasteiger partial charge on any atom is 0.120 e. The van der Waals surface area contributed by atoms with Crippen LogP contribution in [0.1, 0.15) is 36.4 Å². The zero-order chi connectivity index (χ0) is 42.3. The van der Waals surface area contributed by atoms with Crippen LogP contribution in [-0.2, 0) is 20.1 Å². The van der Waals surface area contributed by atoms with Crippen molar-refractivity contribution in [3.05, 3.63) is 204 Å². The molecule has 3 heterocycles. The monoisotopic (exact) mass is 987 g/mol. The summed E-state index contributed by atoms with van der Waals surface area (Å²) in [6.07, 6.45) is 1.99. The van der Waals surface area contributed by atoms with Crippen LogP contribution in [0, 0.1) is 26.0 Å². The third kappa shape index (κ3) is 8.19. The SMILES string of the molecule is Cc1cc(-c2ccccc2)cc(C)c1-n1c(-c2[c-]ccc3c2oc2ccccc23)nc2ccccc21.[2H]C(C)(c1ccccc1)c1cc(-c2[c-]cccc2)ncc1[Si](C)(C)C.[Ir]. The van der Waals surface area contributed by atoms with Crippen molar-refractivity contribution in [2.45, 2.75) is 46.3 Å². The first-order valence-corrected chi connectivity index (χ1v) is 24.0. The van der Waals surface area contributed by atoms with Crippen molar-refractivity contribution in [1.29, 1.82) is 0 Å². The van der Waals surface area contributed by atoms with Crippen molar-refractivity contribution in [2.75, 3.05) is 0 Å². The van der Waals surface area contributed by atoms with Crippen molar-refractivity contribution in [2.24, 2.45) is 0 Å². The molecule has 6 heteroatoms. The molecule has 0 saturated carbocycles. The van der Waals surface area contributed by atoms with E-state index in [2.05, 4.69) is 129 Å². The molecule has 1 unspecified atom stereocenters. The molecule has 1 atom stereocenters. The first-order valence-electron chi connectivity index (χ1n) is 21.0. The number of rotatable bonds is 7. The Bertz CT molecular complexity index is 3150. The van der Waals surface area contributed by atoms with Gasteiger partial charge in [0, 0.05) is 44.6 Å². The number of pyridine rings is 1. The largest absolute Gasteiger partial charge is 0.501 e. The molecule has 10 rings (SSSR count). The van der Waals surface area contributed by atoms with Gasteiger partial charge in [0.25, 0.3) is 0 Å². The zero-order valence-electron chi connectivity index (χ0n) is 36.2. The fourth-order valence-corrected chi connectivity index (χ4v) is 9.81. The zero-order valence-corrected chi connectivity index (χ0v) is 38.6. The maximum absolute atomic E-state index is 9.17.